The molecule has 1 aliphatic heterocycles. The van der Waals surface area contributed by atoms with Gasteiger partial charge in [-0.15, -0.1) is 10.1 Å². The van der Waals surface area contributed by atoms with Crippen molar-refractivity contribution in [2.45, 2.75) is 12.5 Å². The zero-order valence-electron chi connectivity index (χ0n) is 11.7. The van der Waals surface area contributed by atoms with Crippen molar-refractivity contribution in [1.29, 1.82) is 0 Å². The molecule has 0 saturated carbocycles. The SMILES string of the molecule is CO/N=[N+](\[O-])N1CCN(OC(=O)C(N)CCSC)CC1. The van der Waals surface area contributed by atoms with E-state index in [0.717, 1.165) is 5.75 Å². The molecule has 1 saturated heterocycles. The van der Waals surface area contributed by atoms with Crippen molar-refractivity contribution in [3.63, 3.8) is 0 Å². The molecule has 0 aromatic rings. The lowest BCUT2D eigenvalue weighted by atomic mass is 10.2. The number of carbonyl (C=O) groups excluding carboxylic acids is 1. The van der Waals surface area contributed by atoms with Crippen molar-refractivity contribution in [2.24, 2.45) is 11.0 Å². The van der Waals surface area contributed by atoms with Gasteiger partial charge in [-0.05, 0) is 18.4 Å². The van der Waals surface area contributed by atoms with Gasteiger partial charge in [0.05, 0.1) is 31.1 Å². The van der Waals surface area contributed by atoms with E-state index in [1.54, 1.807) is 11.8 Å². The predicted molar refractivity (Wildman–Crippen MR) is 73.3 cm³/mol. The van der Waals surface area contributed by atoms with E-state index in [9.17, 15) is 10.0 Å². The molecule has 0 aliphatic carbocycles. The minimum absolute atomic E-state index is 0.392. The fourth-order valence-corrected chi connectivity index (χ4v) is 2.11. The first-order chi connectivity index (χ1) is 9.58. The Hall–Kier alpha value is -1.26. The van der Waals surface area contributed by atoms with Crippen LogP contribution < -0.4 is 5.73 Å². The van der Waals surface area contributed by atoms with E-state index in [2.05, 4.69) is 10.1 Å². The Morgan fingerprint density at radius 2 is 2.15 bits per heavy atom. The van der Waals surface area contributed by atoms with Crippen LogP contribution in [0.1, 0.15) is 6.42 Å². The quantitative estimate of drug-likeness (QED) is 0.384. The summed E-state index contributed by atoms with van der Waals surface area (Å²) in [5, 5.41) is 17.6. The molecule has 1 aliphatic rings. The van der Waals surface area contributed by atoms with Gasteiger partial charge >= 0.3 is 5.97 Å². The fraction of sp³-hybridized carbons (Fsp3) is 0.900. The smallest absolute Gasteiger partial charge is 0.341 e. The van der Waals surface area contributed by atoms with Gasteiger partial charge in [0.15, 0.2) is 0 Å². The number of hydrazine groups is 1. The maximum absolute atomic E-state index is 11.7. The summed E-state index contributed by atoms with van der Waals surface area (Å²) in [4.78, 5) is 21.7. The van der Waals surface area contributed by atoms with Crippen LogP contribution in [0.5, 0.6) is 0 Å². The number of nitrogens with two attached hydrogens (primary N) is 1. The average molecular weight is 307 g/mol. The maximum Gasteiger partial charge on any atom is 0.341 e. The summed E-state index contributed by atoms with van der Waals surface area (Å²) in [6.07, 6.45) is 2.54. The van der Waals surface area contributed by atoms with Gasteiger partial charge in [-0.1, -0.05) is 0 Å². The van der Waals surface area contributed by atoms with Gasteiger partial charge in [0.2, 0.25) is 5.28 Å². The molecule has 10 heteroatoms. The molecular weight excluding hydrogens is 286 g/mol. The Morgan fingerprint density at radius 1 is 1.50 bits per heavy atom. The van der Waals surface area contributed by atoms with Crippen LogP contribution in [0.2, 0.25) is 0 Å². The summed E-state index contributed by atoms with van der Waals surface area (Å²) in [6.45, 7) is 1.62. The number of piperazine rings is 1. The molecule has 0 aromatic carbocycles. The molecule has 0 radical (unpaired) electrons. The highest BCUT2D eigenvalue weighted by atomic mass is 32.2. The van der Waals surface area contributed by atoms with E-state index in [1.165, 1.54) is 17.2 Å². The molecule has 1 fully saturated rings. The molecule has 0 bridgehead atoms. The maximum atomic E-state index is 11.7. The number of carbonyl (C=O) groups is 1. The zero-order valence-corrected chi connectivity index (χ0v) is 12.5. The topological polar surface area (TPSA) is 106 Å². The summed E-state index contributed by atoms with van der Waals surface area (Å²) >= 11 is 1.63. The van der Waals surface area contributed by atoms with Gasteiger partial charge in [-0.3, -0.25) is 0 Å². The number of hydrogen-bond donors (Lipinski definition) is 1. The first kappa shape index (κ1) is 16.8. The molecule has 0 amide bonds. The molecule has 1 rings (SSSR count). The molecule has 1 atom stereocenters. The van der Waals surface area contributed by atoms with Crippen molar-refractivity contribution in [1.82, 2.24) is 10.1 Å². The number of hydrogen-bond acceptors (Lipinski definition) is 8. The van der Waals surface area contributed by atoms with Crippen molar-refractivity contribution in [3.05, 3.63) is 5.21 Å². The van der Waals surface area contributed by atoms with Gasteiger partial charge in [0, 0.05) is 0 Å². The molecular formula is C10H21N5O4S. The second-order valence-electron chi connectivity index (χ2n) is 4.20. The minimum Gasteiger partial charge on any atom is -0.569 e. The van der Waals surface area contributed by atoms with E-state index >= 15 is 0 Å². The number of nitrogens with zero attached hydrogens (tertiary/aromatic N) is 4. The molecule has 2 N–H and O–H groups in total. The second kappa shape index (κ2) is 8.82. The largest absolute Gasteiger partial charge is 0.569 e. The summed E-state index contributed by atoms with van der Waals surface area (Å²) < 4.78 is 0. The van der Waals surface area contributed by atoms with Crippen molar-refractivity contribution in [2.75, 3.05) is 45.3 Å². The van der Waals surface area contributed by atoms with E-state index < -0.39 is 12.0 Å². The first-order valence-electron chi connectivity index (χ1n) is 6.26. The second-order valence-corrected chi connectivity index (χ2v) is 5.18. The highest BCUT2D eigenvalue weighted by Gasteiger charge is 2.26. The number of rotatable bonds is 7. The van der Waals surface area contributed by atoms with Crippen LogP contribution in [-0.2, 0) is 14.5 Å². The van der Waals surface area contributed by atoms with Crippen LogP contribution in [0.25, 0.3) is 0 Å². The monoisotopic (exact) mass is 307 g/mol. The third-order valence-corrected chi connectivity index (χ3v) is 3.41. The summed E-state index contributed by atoms with van der Waals surface area (Å²) in [5.41, 5.74) is 5.72. The van der Waals surface area contributed by atoms with Crippen LogP contribution in [0, 0.1) is 5.21 Å². The van der Waals surface area contributed by atoms with E-state index in [-0.39, 0.29) is 0 Å². The van der Waals surface area contributed by atoms with Crippen molar-refractivity contribution in [3.8, 4) is 0 Å². The average Bonchev–Trinajstić information content (AvgIpc) is 2.45. The summed E-state index contributed by atoms with van der Waals surface area (Å²) in [7, 11) is 1.30. The van der Waals surface area contributed by atoms with Crippen molar-refractivity contribution < 1.29 is 19.4 Å². The lowest BCUT2D eigenvalue weighted by Crippen LogP contribution is -2.50. The highest BCUT2D eigenvalue weighted by molar-refractivity contribution is 7.98. The predicted octanol–water partition coefficient (Wildman–Crippen LogP) is -0.418. The van der Waals surface area contributed by atoms with Crippen LogP contribution >= 0.6 is 11.8 Å². The molecule has 20 heavy (non-hydrogen) atoms. The molecule has 1 unspecified atom stereocenters. The van der Waals surface area contributed by atoms with Gasteiger partial charge in [0.25, 0.3) is 0 Å². The minimum atomic E-state index is -0.611. The van der Waals surface area contributed by atoms with Crippen LogP contribution in [0.15, 0.2) is 5.28 Å². The van der Waals surface area contributed by atoms with Gasteiger partial charge in [-0.25, -0.2) is 4.79 Å². The van der Waals surface area contributed by atoms with Crippen molar-refractivity contribution >= 4 is 17.7 Å². The van der Waals surface area contributed by atoms with Gasteiger partial charge in [-0.2, -0.15) is 11.8 Å². The number of thioether (sulfide) groups is 1. The van der Waals surface area contributed by atoms with Crippen LogP contribution in [0.4, 0.5) is 0 Å². The molecule has 9 nitrogen and oxygen atoms in total. The third kappa shape index (κ3) is 5.39. The lowest BCUT2D eigenvalue weighted by Gasteiger charge is -2.30. The molecule has 116 valence electrons. The summed E-state index contributed by atoms with van der Waals surface area (Å²) in [6, 6.07) is -0.611. The molecule has 1 heterocycles. The van der Waals surface area contributed by atoms with Crippen LogP contribution in [0.3, 0.4) is 0 Å². The summed E-state index contributed by atoms with van der Waals surface area (Å²) in [5.74, 6) is 0.376. The Bertz CT molecular complexity index is 336. The lowest BCUT2D eigenvalue weighted by molar-refractivity contribution is -0.713. The van der Waals surface area contributed by atoms with E-state index in [1.807, 2.05) is 6.26 Å². The fourth-order valence-electron chi connectivity index (χ4n) is 1.62. The van der Waals surface area contributed by atoms with E-state index in [4.69, 9.17) is 10.6 Å². The van der Waals surface area contributed by atoms with E-state index in [0.29, 0.717) is 37.6 Å². The standard InChI is InChI=1S/C10H21N5O4S/c1-18-12-15(17)13-4-6-14(7-5-13)19-10(16)9(11)3-8-20-2/h9H,3-8,11H2,1-2H3/b15-12-. The normalized spacial score (nSPS) is 18.8. The Kier molecular flexibility index (Phi) is 7.41. The van der Waals surface area contributed by atoms with Gasteiger partial charge < -0.3 is 20.6 Å². The molecule has 0 spiro atoms. The van der Waals surface area contributed by atoms with Gasteiger partial charge in [0.1, 0.15) is 13.2 Å². The number of hydroxylamine groups is 2. The first-order valence-corrected chi connectivity index (χ1v) is 7.65. The van der Waals surface area contributed by atoms with Crippen LogP contribution in [-0.4, -0.2) is 72.4 Å². The Labute approximate surface area is 122 Å². The zero-order chi connectivity index (χ0) is 15.0. The Morgan fingerprint density at radius 3 is 2.70 bits per heavy atom. The Balaban J connectivity index is 2.31. The highest BCUT2D eigenvalue weighted by Crippen LogP contribution is 2.06. The third-order valence-electron chi connectivity index (χ3n) is 2.76. The molecule has 0 aromatic heterocycles.